The summed E-state index contributed by atoms with van der Waals surface area (Å²) in [6, 6.07) is 6.16. The molecule has 0 spiro atoms. The summed E-state index contributed by atoms with van der Waals surface area (Å²) in [5.41, 5.74) is 2.12. The van der Waals surface area contributed by atoms with Gasteiger partial charge < -0.3 is 9.80 Å². The quantitative estimate of drug-likeness (QED) is 0.828. The van der Waals surface area contributed by atoms with Crippen LogP contribution in [0.25, 0.3) is 0 Å². The predicted molar refractivity (Wildman–Crippen MR) is 95.3 cm³/mol. The Hall–Kier alpha value is -1.49. The Labute approximate surface area is 147 Å². The van der Waals surface area contributed by atoms with Crippen LogP contribution in [-0.2, 0) is 11.2 Å². The van der Waals surface area contributed by atoms with E-state index in [1.54, 1.807) is 0 Å². The molecule has 1 aromatic rings. The molecule has 0 bridgehead atoms. The molecule has 0 N–H and O–H groups in total. The average molecular weight is 344 g/mol. The number of fused-ring (bicyclic) bond motifs is 1. The van der Waals surface area contributed by atoms with E-state index in [-0.39, 0.29) is 11.8 Å². The molecular weight excluding hydrogens is 320 g/mol. The van der Waals surface area contributed by atoms with Gasteiger partial charge in [-0.15, -0.1) is 11.8 Å². The Morgan fingerprint density at radius 1 is 1.00 bits per heavy atom. The molecule has 4 nitrogen and oxygen atoms in total. The van der Waals surface area contributed by atoms with E-state index < -0.39 is 0 Å². The first-order valence-electron chi connectivity index (χ1n) is 9.06. The van der Waals surface area contributed by atoms with Crippen LogP contribution in [0.4, 0.5) is 0 Å². The van der Waals surface area contributed by atoms with Crippen molar-refractivity contribution >= 4 is 23.6 Å². The van der Waals surface area contributed by atoms with Gasteiger partial charge >= 0.3 is 0 Å². The molecule has 0 aromatic heterocycles. The fourth-order valence-electron chi connectivity index (χ4n) is 3.61. The number of hydrogen-bond donors (Lipinski definition) is 0. The third-order valence-electron chi connectivity index (χ3n) is 5.18. The van der Waals surface area contributed by atoms with Crippen molar-refractivity contribution in [2.45, 2.75) is 37.0 Å². The maximum absolute atomic E-state index is 12.9. The van der Waals surface area contributed by atoms with Crippen LogP contribution in [0, 0.1) is 5.92 Å². The number of rotatable bonds is 2. The highest BCUT2D eigenvalue weighted by molar-refractivity contribution is 7.99. The fraction of sp³-hybridized carbons (Fsp3) is 0.579. The summed E-state index contributed by atoms with van der Waals surface area (Å²) >= 11 is 1.89. The van der Waals surface area contributed by atoms with Gasteiger partial charge in [-0.2, -0.15) is 0 Å². The lowest BCUT2D eigenvalue weighted by atomic mass is 10.1. The van der Waals surface area contributed by atoms with Crippen molar-refractivity contribution in [1.82, 2.24) is 9.80 Å². The highest BCUT2D eigenvalue weighted by Crippen LogP contribution is 2.32. The first-order valence-corrected chi connectivity index (χ1v) is 10.0. The van der Waals surface area contributed by atoms with E-state index in [1.165, 1.54) is 22.6 Å². The molecule has 5 heteroatoms. The minimum Gasteiger partial charge on any atom is -0.341 e. The van der Waals surface area contributed by atoms with Crippen LogP contribution >= 0.6 is 11.8 Å². The lowest BCUT2D eigenvalue weighted by Gasteiger charge is -2.23. The number of benzene rings is 1. The van der Waals surface area contributed by atoms with Gasteiger partial charge in [-0.1, -0.05) is 0 Å². The Morgan fingerprint density at radius 2 is 1.79 bits per heavy atom. The molecule has 3 aliphatic rings. The SMILES string of the molecule is O=C(c1ccc2c(c1)CCCS2)N1CCCN(C(=O)C2CC2)CC1. The molecule has 0 radical (unpaired) electrons. The number of nitrogens with zero attached hydrogens (tertiary/aromatic N) is 2. The van der Waals surface area contributed by atoms with Gasteiger partial charge in [0.2, 0.25) is 5.91 Å². The van der Waals surface area contributed by atoms with Crippen molar-refractivity contribution in [1.29, 1.82) is 0 Å². The molecule has 128 valence electrons. The predicted octanol–water partition coefficient (Wildman–Crippen LogP) is 2.81. The average Bonchev–Trinajstić information content (AvgIpc) is 3.46. The van der Waals surface area contributed by atoms with Crippen molar-refractivity contribution in [2.24, 2.45) is 5.92 Å². The number of aryl methyl sites for hydroxylation is 1. The van der Waals surface area contributed by atoms with Crippen LogP contribution in [0.15, 0.2) is 23.1 Å². The summed E-state index contributed by atoms with van der Waals surface area (Å²) in [6.45, 7) is 2.88. The maximum Gasteiger partial charge on any atom is 0.253 e. The molecule has 4 rings (SSSR count). The Bertz CT molecular complexity index is 657. The molecule has 2 aliphatic heterocycles. The van der Waals surface area contributed by atoms with E-state index in [1.807, 2.05) is 27.6 Å². The topological polar surface area (TPSA) is 40.6 Å². The van der Waals surface area contributed by atoms with E-state index in [4.69, 9.17) is 0 Å². The van der Waals surface area contributed by atoms with Crippen molar-refractivity contribution in [2.75, 3.05) is 31.9 Å². The normalized spacial score (nSPS) is 21.2. The van der Waals surface area contributed by atoms with Crippen LogP contribution < -0.4 is 0 Å². The smallest absolute Gasteiger partial charge is 0.253 e. The Balaban J connectivity index is 1.43. The van der Waals surface area contributed by atoms with Gasteiger partial charge in [0.1, 0.15) is 0 Å². The van der Waals surface area contributed by atoms with E-state index in [0.717, 1.165) is 44.3 Å². The molecule has 24 heavy (non-hydrogen) atoms. The van der Waals surface area contributed by atoms with Crippen molar-refractivity contribution < 1.29 is 9.59 Å². The van der Waals surface area contributed by atoms with Crippen LogP contribution in [0.5, 0.6) is 0 Å². The first-order chi connectivity index (χ1) is 11.7. The zero-order valence-corrected chi connectivity index (χ0v) is 14.8. The number of hydrogen-bond acceptors (Lipinski definition) is 3. The lowest BCUT2D eigenvalue weighted by molar-refractivity contribution is -0.132. The Kier molecular flexibility index (Phi) is 4.53. The zero-order chi connectivity index (χ0) is 16.5. The lowest BCUT2D eigenvalue weighted by Crippen LogP contribution is -2.38. The summed E-state index contributed by atoms with van der Waals surface area (Å²) < 4.78 is 0. The Morgan fingerprint density at radius 3 is 2.62 bits per heavy atom. The summed E-state index contributed by atoms with van der Waals surface area (Å²) in [5.74, 6) is 1.87. The van der Waals surface area contributed by atoms with Gasteiger partial charge in [0.15, 0.2) is 0 Å². The minimum atomic E-state index is 0.120. The monoisotopic (exact) mass is 344 g/mol. The van der Waals surface area contributed by atoms with Gasteiger partial charge in [-0.25, -0.2) is 0 Å². The molecule has 0 unspecified atom stereocenters. The number of carbonyl (C=O) groups is 2. The van der Waals surface area contributed by atoms with Gasteiger partial charge in [0.05, 0.1) is 0 Å². The third kappa shape index (κ3) is 3.32. The summed E-state index contributed by atoms with van der Waals surface area (Å²) in [4.78, 5) is 30.3. The number of carbonyl (C=O) groups excluding carboxylic acids is 2. The van der Waals surface area contributed by atoms with Crippen LogP contribution in [0.3, 0.4) is 0 Å². The molecule has 1 aliphatic carbocycles. The van der Waals surface area contributed by atoms with E-state index in [9.17, 15) is 9.59 Å². The fourth-order valence-corrected chi connectivity index (χ4v) is 4.62. The second kappa shape index (κ2) is 6.79. The zero-order valence-electron chi connectivity index (χ0n) is 14.0. The van der Waals surface area contributed by atoms with Crippen molar-refractivity contribution in [3.63, 3.8) is 0 Å². The van der Waals surface area contributed by atoms with Crippen LogP contribution in [-0.4, -0.2) is 53.5 Å². The standard InChI is InChI=1S/C19H24N2O2S/c22-18(14-4-5-14)20-8-2-9-21(11-10-20)19(23)16-6-7-17-15(13-16)3-1-12-24-17/h6-7,13-14H,1-5,8-12H2. The largest absolute Gasteiger partial charge is 0.341 e. The molecule has 1 aromatic carbocycles. The van der Waals surface area contributed by atoms with Gasteiger partial charge in [0, 0.05) is 42.6 Å². The van der Waals surface area contributed by atoms with E-state index in [2.05, 4.69) is 12.1 Å². The second-order valence-electron chi connectivity index (χ2n) is 7.02. The second-order valence-corrected chi connectivity index (χ2v) is 8.16. The highest BCUT2D eigenvalue weighted by Gasteiger charge is 2.34. The third-order valence-corrected chi connectivity index (χ3v) is 6.38. The maximum atomic E-state index is 12.9. The van der Waals surface area contributed by atoms with Crippen LogP contribution in [0.1, 0.15) is 41.6 Å². The van der Waals surface area contributed by atoms with Crippen molar-refractivity contribution in [3.05, 3.63) is 29.3 Å². The van der Waals surface area contributed by atoms with E-state index >= 15 is 0 Å². The van der Waals surface area contributed by atoms with Crippen LogP contribution in [0.2, 0.25) is 0 Å². The molecule has 1 saturated carbocycles. The number of amides is 2. The van der Waals surface area contributed by atoms with Gasteiger partial charge in [-0.05, 0) is 61.6 Å². The summed E-state index contributed by atoms with van der Waals surface area (Å²) in [5, 5.41) is 0. The summed E-state index contributed by atoms with van der Waals surface area (Å²) in [7, 11) is 0. The van der Waals surface area contributed by atoms with Gasteiger partial charge in [-0.3, -0.25) is 9.59 Å². The minimum absolute atomic E-state index is 0.120. The van der Waals surface area contributed by atoms with E-state index in [0.29, 0.717) is 19.0 Å². The molecular formula is C19H24N2O2S. The summed E-state index contributed by atoms with van der Waals surface area (Å²) in [6.07, 6.45) is 5.24. The highest BCUT2D eigenvalue weighted by atomic mass is 32.2. The molecule has 2 amide bonds. The molecule has 1 saturated heterocycles. The molecule has 2 heterocycles. The number of thioether (sulfide) groups is 1. The molecule has 0 atom stereocenters. The van der Waals surface area contributed by atoms with Gasteiger partial charge in [0.25, 0.3) is 5.91 Å². The molecule has 2 fully saturated rings. The first kappa shape index (κ1) is 16.0. The van der Waals surface area contributed by atoms with Crippen molar-refractivity contribution in [3.8, 4) is 0 Å².